The van der Waals surface area contributed by atoms with E-state index < -0.39 is 0 Å². The molecule has 2 N–H and O–H groups in total. The lowest BCUT2D eigenvalue weighted by atomic mass is 9.75. The smallest absolute Gasteiger partial charge is 0.293 e. The number of aliphatic hydroxyl groups is 1. The summed E-state index contributed by atoms with van der Waals surface area (Å²) in [6, 6.07) is 9.96. The van der Waals surface area contributed by atoms with Gasteiger partial charge in [0.15, 0.2) is 0 Å². The topological polar surface area (TPSA) is 58.6 Å². The monoisotopic (exact) mass is 307 g/mol. The molecular formula is C18H29NO3. The van der Waals surface area contributed by atoms with Crippen LogP contribution in [0.5, 0.6) is 0 Å². The molecule has 1 fully saturated rings. The minimum Gasteiger partial charge on any atom is -0.462 e. The van der Waals surface area contributed by atoms with Gasteiger partial charge in [0.05, 0.1) is 6.10 Å². The largest absolute Gasteiger partial charge is 0.462 e. The SMILES string of the molecule is CC(C)(C)OC=O.CC1(C(O)c2ccccc2)CCCNC1. The summed E-state index contributed by atoms with van der Waals surface area (Å²) in [7, 11) is 0. The number of ether oxygens (including phenoxy) is 1. The van der Waals surface area contributed by atoms with Crippen LogP contribution in [0.2, 0.25) is 0 Å². The van der Waals surface area contributed by atoms with Gasteiger partial charge in [-0.3, -0.25) is 4.79 Å². The zero-order valence-corrected chi connectivity index (χ0v) is 14.1. The minimum absolute atomic E-state index is 0.0143. The molecule has 4 heteroatoms. The maximum absolute atomic E-state index is 10.4. The number of carbonyl (C=O) groups excluding carboxylic acids is 1. The highest BCUT2D eigenvalue weighted by Gasteiger charge is 2.35. The summed E-state index contributed by atoms with van der Waals surface area (Å²) in [5, 5.41) is 13.7. The van der Waals surface area contributed by atoms with Gasteiger partial charge in [0, 0.05) is 12.0 Å². The number of hydrogen-bond acceptors (Lipinski definition) is 4. The molecule has 0 aromatic heterocycles. The normalized spacial score (nSPS) is 23.0. The van der Waals surface area contributed by atoms with Crippen molar-refractivity contribution < 1.29 is 14.6 Å². The second-order valence-electron chi connectivity index (χ2n) is 7.07. The lowest BCUT2D eigenvalue weighted by Crippen LogP contribution is -2.41. The van der Waals surface area contributed by atoms with E-state index in [1.54, 1.807) is 0 Å². The van der Waals surface area contributed by atoms with E-state index in [4.69, 9.17) is 0 Å². The van der Waals surface area contributed by atoms with Crippen molar-refractivity contribution in [2.45, 2.75) is 52.2 Å². The van der Waals surface area contributed by atoms with Gasteiger partial charge in [-0.15, -0.1) is 0 Å². The third kappa shape index (κ3) is 6.16. The molecule has 1 aliphatic heterocycles. The van der Waals surface area contributed by atoms with Gasteiger partial charge in [0.2, 0.25) is 0 Å². The fraction of sp³-hybridized carbons (Fsp3) is 0.611. The minimum atomic E-state index is -0.355. The van der Waals surface area contributed by atoms with E-state index in [9.17, 15) is 9.90 Å². The first-order valence-electron chi connectivity index (χ1n) is 7.84. The van der Waals surface area contributed by atoms with Crippen LogP contribution in [0.3, 0.4) is 0 Å². The van der Waals surface area contributed by atoms with Gasteiger partial charge in [-0.2, -0.15) is 0 Å². The molecule has 1 aromatic rings. The van der Waals surface area contributed by atoms with Crippen molar-refractivity contribution in [3.8, 4) is 0 Å². The highest BCUT2D eigenvalue weighted by molar-refractivity contribution is 5.37. The lowest BCUT2D eigenvalue weighted by Gasteiger charge is -2.38. The summed E-state index contributed by atoms with van der Waals surface area (Å²) in [4.78, 5) is 9.60. The molecule has 2 atom stereocenters. The van der Waals surface area contributed by atoms with Crippen LogP contribution in [0.25, 0.3) is 0 Å². The molecule has 2 unspecified atom stereocenters. The second-order valence-corrected chi connectivity index (χ2v) is 7.07. The van der Waals surface area contributed by atoms with Crippen LogP contribution in [0.4, 0.5) is 0 Å². The zero-order chi connectivity index (χ0) is 16.6. The number of nitrogens with one attached hydrogen (secondary N) is 1. The highest BCUT2D eigenvalue weighted by atomic mass is 16.5. The molecule has 1 aliphatic rings. The van der Waals surface area contributed by atoms with Gasteiger partial charge in [0.1, 0.15) is 5.60 Å². The lowest BCUT2D eigenvalue weighted by molar-refractivity contribution is -0.138. The maximum Gasteiger partial charge on any atom is 0.293 e. The first kappa shape index (κ1) is 18.7. The molecule has 1 heterocycles. The molecule has 0 radical (unpaired) electrons. The molecule has 4 nitrogen and oxygen atoms in total. The average molecular weight is 307 g/mol. The number of aliphatic hydroxyl groups excluding tert-OH is 1. The predicted molar refractivity (Wildman–Crippen MR) is 88.5 cm³/mol. The Morgan fingerprint density at radius 2 is 1.95 bits per heavy atom. The van der Waals surface area contributed by atoms with E-state index in [2.05, 4.69) is 17.0 Å². The Morgan fingerprint density at radius 3 is 2.36 bits per heavy atom. The van der Waals surface area contributed by atoms with E-state index in [0.29, 0.717) is 6.47 Å². The van der Waals surface area contributed by atoms with Crippen molar-refractivity contribution in [2.75, 3.05) is 13.1 Å². The van der Waals surface area contributed by atoms with Crippen molar-refractivity contribution in [2.24, 2.45) is 5.41 Å². The first-order chi connectivity index (χ1) is 10.3. The Labute approximate surface area is 133 Å². The third-order valence-corrected chi connectivity index (χ3v) is 3.81. The second kappa shape index (κ2) is 8.30. The quantitative estimate of drug-likeness (QED) is 0.843. The van der Waals surface area contributed by atoms with Crippen LogP contribution in [0.15, 0.2) is 30.3 Å². The fourth-order valence-corrected chi connectivity index (χ4v) is 2.49. The number of hydrogen-bond donors (Lipinski definition) is 2. The Bertz CT molecular complexity index is 433. The number of piperidine rings is 1. The molecular weight excluding hydrogens is 278 g/mol. The first-order valence-corrected chi connectivity index (χ1v) is 7.84. The summed E-state index contributed by atoms with van der Waals surface area (Å²) in [5.74, 6) is 0. The van der Waals surface area contributed by atoms with Crippen LogP contribution in [0.1, 0.15) is 52.2 Å². The van der Waals surface area contributed by atoms with Crippen molar-refractivity contribution in [3.05, 3.63) is 35.9 Å². The number of carbonyl (C=O) groups is 1. The predicted octanol–water partition coefficient (Wildman–Crippen LogP) is 3.07. The van der Waals surface area contributed by atoms with Gasteiger partial charge in [-0.1, -0.05) is 37.3 Å². The summed E-state index contributed by atoms with van der Waals surface area (Å²) in [6.07, 6.45) is 1.89. The summed E-state index contributed by atoms with van der Waals surface area (Å²) >= 11 is 0. The Balaban J connectivity index is 0.000000295. The van der Waals surface area contributed by atoms with Crippen molar-refractivity contribution in [1.82, 2.24) is 5.32 Å². The molecule has 124 valence electrons. The van der Waals surface area contributed by atoms with Crippen LogP contribution >= 0.6 is 0 Å². The molecule has 0 saturated carbocycles. The standard InChI is InChI=1S/C13H19NO.C5H10O2/c1-13(8-5-9-14-10-13)12(15)11-6-3-2-4-7-11;1-5(2,3)7-4-6/h2-4,6-7,12,14-15H,5,8-10H2,1H3;4H,1-3H3. The van der Waals surface area contributed by atoms with E-state index in [-0.39, 0.29) is 17.1 Å². The molecule has 0 aliphatic carbocycles. The van der Waals surface area contributed by atoms with Gasteiger partial charge >= 0.3 is 0 Å². The molecule has 22 heavy (non-hydrogen) atoms. The fourth-order valence-electron chi connectivity index (χ4n) is 2.49. The number of rotatable bonds is 3. The molecule has 0 bridgehead atoms. The van der Waals surface area contributed by atoms with Gasteiger partial charge in [-0.25, -0.2) is 0 Å². The summed E-state index contributed by atoms with van der Waals surface area (Å²) in [5.41, 5.74) is 0.699. The molecule has 1 saturated heterocycles. The van der Waals surface area contributed by atoms with Crippen molar-refractivity contribution in [3.63, 3.8) is 0 Å². The van der Waals surface area contributed by atoms with E-state index in [1.807, 2.05) is 51.1 Å². The average Bonchev–Trinajstić information content (AvgIpc) is 2.47. The van der Waals surface area contributed by atoms with Gasteiger partial charge in [0.25, 0.3) is 6.47 Å². The Hall–Kier alpha value is -1.39. The molecule has 2 rings (SSSR count). The summed E-state index contributed by atoms with van der Waals surface area (Å²) in [6.45, 7) is 10.1. The van der Waals surface area contributed by atoms with E-state index in [0.717, 1.165) is 31.5 Å². The van der Waals surface area contributed by atoms with Gasteiger partial charge < -0.3 is 15.2 Å². The summed E-state index contributed by atoms with van der Waals surface area (Å²) < 4.78 is 4.55. The van der Waals surface area contributed by atoms with E-state index >= 15 is 0 Å². The molecule has 0 spiro atoms. The molecule has 1 aromatic carbocycles. The zero-order valence-electron chi connectivity index (χ0n) is 14.1. The third-order valence-electron chi connectivity index (χ3n) is 3.81. The van der Waals surface area contributed by atoms with Crippen LogP contribution in [-0.2, 0) is 9.53 Å². The Morgan fingerprint density at radius 1 is 1.32 bits per heavy atom. The highest BCUT2D eigenvalue weighted by Crippen LogP contribution is 2.38. The van der Waals surface area contributed by atoms with E-state index in [1.165, 1.54) is 0 Å². The van der Waals surface area contributed by atoms with Crippen molar-refractivity contribution in [1.29, 1.82) is 0 Å². The van der Waals surface area contributed by atoms with Crippen molar-refractivity contribution >= 4 is 6.47 Å². The molecule has 0 amide bonds. The maximum atomic E-state index is 10.4. The van der Waals surface area contributed by atoms with Gasteiger partial charge in [-0.05, 0) is 45.7 Å². The Kier molecular flexibility index (Phi) is 7.04. The van der Waals surface area contributed by atoms with Crippen LogP contribution in [-0.4, -0.2) is 30.3 Å². The number of benzene rings is 1. The van der Waals surface area contributed by atoms with Crippen LogP contribution in [0, 0.1) is 5.41 Å². The van der Waals surface area contributed by atoms with Crippen LogP contribution < -0.4 is 5.32 Å².